The van der Waals surface area contributed by atoms with Crippen LogP contribution in [0.2, 0.25) is 0 Å². The van der Waals surface area contributed by atoms with E-state index < -0.39 is 0 Å². The van der Waals surface area contributed by atoms with Crippen molar-refractivity contribution in [2.24, 2.45) is 11.8 Å². The highest BCUT2D eigenvalue weighted by atomic mass is 16.5. The van der Waals surface area contributed by atoms with E-state index in [2.05, 4.69) is 25.7 Å². The third kappa shape index (κ3) is 1.22. The minimum absolute atomic E-state index is 0.436. The summed E-state index contributed by atoms with van der Waals surface area (Å²) in [6.45, 7) is 6.83. The van der Waals surface area contributed by atoms with E-state index in [4.69, 9.17) is 4.74 Å². The van der Waals surface area contributed by atoms with E-state index >= 15 is 0 Å². The van der Waals surface area contributed by atoms with Crippen LogP contribution in [0, 0.1) is 11.8 Å². The zero-order chi connectivity index (χ0) is 8.55. The molecule has 0 saturated heterocycles. The first-order valence-corrected chi connectivity index (χ1v) is 4.72. The predicted octanol–water partition coefficient (Wildman–Crippen LogP) is 2.54. The monoisotopic (exact) mass is 164 g/mol. The molecule has 1 nitrogen and oxygen atoms in total. The molecule has 66 valence electrons. The van der Waals surface area contributed by atoms with E-state index in [9.17, 15) is 0 Å². The number of hydrogen-bond donors (Lipinski definition) is 0. The molecule has 0 amide bonds. The fourth-order valence-corrected chi connectivity index (χ4v) is 2.35. The van der Waals surface area contributed by atoms with Gasteiger partial charge >= 0.3 is 0 Å². The van der Waals surface area contributed by atoms with Crippen molar-refractivity contribution in [3.8, 4) is 0 Å². The Labute approximate surface area is 74.1 Å². The minimum atomic E-state index is 0.436. The molecule has 0 aromatic carbocycles. The zero-order valence-corrected chi connectivity index (χ0v) is 7.62. The summed E-state index contributed by atoms with van der Waals surface area (Å²) in [7, 11) is 0. The van der Waals surface area contributed by atoms with Crippen molar-refractivity contribution in [2.75, 3.05) is 6.61 Å². The average molecular weight is 164 g/mol. The van der Waals surface area contributed by atoms with Crippen molar-refractivity contribution in [1.82, 2.24) is 0 Å². The van der Waals surface area contributed by atoms with Crippen molar-refractivity contribution in [3.05, 3.63) is 24.3 Å². The fourth-order valence-electron chi connectivity index (χ4n) is 2.35. The maximum atomic E-state index is 5.78. The summed E-state index contributed by atoms with van der Waals surface area (Å²) in [4.78, 5) is 0. The topological polar surface area (TPSA) is 9.23 Å². The van der Waals surface area contributed by atoms with Gasteiger partial charge in [-0.25, -0.2) is 0 Å². The highest BCUT2D eigenvalue weighted by molar-refractivity contribution is 5.12. The Morgan fingerprint density at radius 1 is 1.58 bits per heavy atom. The van der Waals surface area contributed by atoms with Crippen LogP contribution in [0.15, 0.2) is 24.3 Å². The first kappa shape index (κ1) is 8.06. The van der Waals surface area contributed by atoms with Gasteiger partial charge in [-0.1, -0.05) is 17.7 Å². The molecule has 0 spiro atoms. The average Bonchev–Trinajstić information content (AvgIpc) is 2.46. The highest BCUT2D eigenvalue weighted by Gasteiger charge is 2.35. The molecule has 2 rings (SSSR count). The molecule has 3 atom stereocenters. The second-order valence-electron chi connectivity index (χ2n) is 3.93. The standard InChI is InChI=1S/C11H16O/c1-3-9-4-5-10-6-8(2)7-12-11(9)10/h3,6,9-11H,1,4-5,7H2,2H3/t9-,10-,11-/m0/s1. The molecule has 12 heavy (non-hydrogen) atoms. The Kier molecular flexibility index (Phi) is 2.05. The molecule has 0 radical (unpaired) electrons. The summed E-state index contributed by atoms with van der Waals surface area (Å²) >= 11 is 0. The van der Waals surface area contributed by atoms with Gasteiger partial charge in [-0.3, -0.25) is 0 Å². The van der Waals surface area contributed by atoms with Crippen molar-refractivity contribution in [1.29, 1.82) is 0 Å². The lowest BCUT2D eigenvalue weighted by molar-refractivity contribution is 0.0251. The first-order chi connectivity index (χ1) is 5.81. The Morgan fingerprint density at radius 2 is 2.42 bits per heavy atom. The van der Waals surface area contributed by atoms with Gasteiger partial charge in [0.05, 0.1) is 12.7 Å². The quantitative estimate of drug-likeness (QED) is 0.541. The van der Waals surface area contributed by atoms with E-state index in [0.717, 1.165) is 6.61 Å². The van der Waals surface area contributed by atoms with Crippen molar-refractivity contribution >= 4 is 0 Å². The van der Waals surface area contributed by atoms with Crippen LogP contribution in [0.5, 0.6) is 0 Å². The summed E-state index contributed by atoms with van der Waals surface area (Å²) in [5.41, 5.74) is 1.39. The van der Waals surface area contributed by atoms with E-state index in [1.165, 1.54) is 18.4 Å². The van der Waals surface area contributed by atoms with E-state index in [0.29, 0.717) is 17.9 Å². The van der Waals surface area contributed by atoms with Crippen LogP contribution in [0.1, 0.15) is 19.8 Å². The Balaban J connectivity index is 2.14. The van der Waals surface area contributed by atoms with Gasteiger partial charge in [0.15, 0.2) is 0 Å². The molecule has 0 aromatic rings. The van der Waals surface area contributed by atoms with E-state index in [1.807, 2.05) is 0 Å². The summed E-state index contributed by atoms with van der Waals surface area (Å²) < 4.78 is 5.78. The van der Waals surface area contributed by atoms with Crippen molar-refractivity contribution in [2.45, 2.75) is 25.9 Å². The molecule has 1 fully saturated rings. The SMILES string of the molecule is C=C[C@H]1CC[C@H]2C=C(C)CO[C@H]21. The molecule has 0 aromatic heterocycles. The molecular weight excluding hydrogens is 148 g/mol. The Morgan fingerprint density at radius 3 is 3.17 bits per heavy atom. The largest absolute Gasteiger partial charge is 0.373 e. The van der Waals surface area contributed by atoms with Crippen LogP contribution in [0.3, 0.4) is 0 Å². The van der Waals surface area contributed by atoms with Crippen LogP contribution >= 0.6 is 0 Å². The fraction of sp³-hybridized carbons (Fsp3) is 0.636. The van der Waals surface area contributed by atoms with Gasteiger partial charge in [0, 0.05) is 11.8 Å². The van der Waals surface area contributed by atoms with Gasteiger partial charge in [-0.15, -0.1) is 6.58 Å². The lowest BCUT2D eigenvalue weighted by Gasteiger charge is -2.26. The molecule has 1 aliphatic heterocycles. The van der Waals surface area contributed by atoms with E-state index in [1.54, 1.807) is 0 Å². The zero-order valence-electron chi connectivity index (χ0n) is 7.62. The molecule has 1 saturated carbocycles. The highest BCUT2D eigenvalue weighted by Crippen LogP contribution is 2.38. The summed E-state index contributed by atoms with van der Waals surface area (Å²) in [5.74, 6) is 1.26. The molecule has 1 aliphatic carbocycles. The number of hydrogen-bond acceptors (Lipinski definition) is 1. The Bertz CT molecular complexity index is 217. The van der Waals surface area contributed by atoms with Crippen LogP contribution in [0.4, 0.5) is 0 Å². The van der Waals surface area contributed by atoms with Gasteiger partial charge in [-0.2, -0.15) is 0 Å². The lowest BCUT2D eigenvalue weighted by Crippen LogP contribution is -2.27. The third-order valence-corrected chi connectivity index (χ3v) is 2.98. The normalized spacial score (nSPS) is 40.4. The van der Waals surface area contributed by atoms with Gasteiger partial charge in [0.2, 0.25) is 0 Å². The maximum absolute atomic E-state index is 5.78. The van der Waals surface area contributed by atoms with Crippen LogP contribution < -0.4 is 0 Å². The van der Waals surface area contributed by atoms with Crippen molar-refractivity contribution < 1.29 is 4.74 Å². The summed E-state index contributed by atoms with van der Waals surface area (Å²) in [6.07, 6.45) is 7.41. The van der Waals surface area contributed by atoms with Crippen molar-refractivity contribution in [3.63, 3.8) is 0 Å². The van der Waals surface area contributed by atoms with Crippen LogP contribution in [-0.2, 0) is 4.74 Å². The lowest BCUT2D eigenvalue weighted by atomic mass is 9.96. The second kappa shape index (κ2) is 3.06. The Hall–Kier alpha value is -0.560. The van der Waals surface area contributed by atoms with Gasteiger partial charge < -0.3 is 4.74 Å². The predicted molar refractivity (Wildman–Crippen MR) is 49.9 cm³/mol. The molecule has 0 unspecified atom stereocenters. The molecular formula is C11H16O. The molecule has 2 aliphatic rings. The van der Waals surface area contributed by atoms with Gasteiger partial charge in [-0.05, 0) is 19.8 Å². The molecule has 0 N–H and O–H groups in total. The van der Waals surface area contributed by atoms with E-state index in [-0.39, 0.29) is 0 Å². The molecule has 1 heterocycles. The van der Waals surface area contributed by atoms with Gasteiger partial charge in [0.25, 0.3) is 0 Å². The number of fused-ring (bicyclic) bond motifs is 1. The van der Waals surface area contributed by atoms with Crippen LogP contribution in [0.25, 0.3) is 0 Å². The number of rotatable bonds is 1. The van der Waals surface area contributed by atoms with Crippen LogP contribution in [-0.4, -0.2) is 12.7 Å². The minimum Gasteiger partial charge on any atom is -0.373 e. The number of ether oxygens (including phenoxy) is 1. The second-order valence-corrected chi connectivity index (χ2v) is 3.93. The van der Waals surface area contributed by atoms with Gasteiger partial charge in [0.1, 0.15) is 0 Å². The first-order valence-electron chi connectivity index (χ1n) is 4.72. The summed E-state index contributed by atoms with van der Waals surface area (Å²) in [5, 5.41) is 0. The maximum Gasteiger partial charge on any atom is 0.0704 e. The third-order valence-electron chi connectivity index (χ3n) is 2.98. The summed E-state index contributed by atoms with van der Waals surface area (Å²) in [6, 6.07) is 0. The smallest absolute Gasteiger partial charge is 0.0704 e. The molecule has 0 bridgehead atoms. The molecule has 1 heteroatoms.